The van der Waals surface area contributed by atoms with Crippen LogP contribution in [0.4, 0.5) is 0 Å². The molecule has 2 aliphatic heterocycles. The SMILES string of the molecule is COc1ccc(C2C3=C(N=C4SC(C)C(=O)N42)c2cc(C)ccc2CCC3)cc1. The molecule has 3 aliphatic rings. The highest BCUT2D eigenvalue weighted by Crippen LogP contribution is 2.48. The van der Waals surface area contributed by atoms with E-state index in [2.05, 4.69) is 37.3 Å². The van der Waals surface area contributed by atoms with E-state index in [0.717, 1.165) is 41.4 Å². The molecule has 0 bridgehead atoms. The molecule has 5 rings (SSSR count). The molecule has 2 atom stereocenters. The molecule has 0 spiro atoms. The van der Waals surface area contributed by atoms with Crippen molar-refractivity contribution in [2.24, 2.45) is 4.99 Å². The van der Waals surface area contributed by atoms with E-state index >= 15 is 0 Å². The van der Waals surface area contributed by atoms with Crippen LogP contribution in [-0.4, -0.2) is 28.3 Å². The van der Waals surface area contributed by atoms with Crippen LogP contribution in [0.15, 0.2) is 53.0 Å². The van der Waals surface area contributed by atoms with Crippen LogP contribution in [0, 0.1) is 6.92 Å². The first-order valence-electron chi connectivity index (χ1n) is 10.1. The molecular formula is C24H24N2O2S. The van der Waals surface area contributed by atoms with Crippen LogP contribution in [-0.2, 0) is 11.2 Å². The minimum atomic E-state index is -0.102. The van der Waals surface area contributed by atoms with Crippen molar-refractivity contribution in [1.82, 2.24) is 4.90 Å². The predicted molar refractivity (Wildman–Crippen MR) is 118 cm³/mol. The Morgan fingerprint density at radius 2 is 1.93 bits per heavy atom. The molecule has 29 heavy (non-hydrogen) atoms. The number of carbonyl (C=O) groups is 1. The van der Waals surface area contributed by atoms with Gasteiger partial charge in [-0.2, -0.15) is 0 Å². The van der Waals surface area contributed by atoms with Crippen molar-refractivity contribution in [3.8, 4) is 5.75 Å². The van der Waals surface area contributed by atoms with Gasteiger partial charge in [-0.3, -0.25) is 9.69 Å². The Balaban J connectivity index is 1.72. The molecule has 148 valence electrons. The smallest absolute Gasteiger partial charge is 0.242 e. The number of thioether (sulfide) groups is 1. The summed E-state index contributed by atoms with van der Waals surface area (Å²) in [5.41, 5.74) is 7.27. The summed E-state index contributed by atoms with van der Waals surface area (Å²) < 4.78 is 5.35. The van der Waals surface area contributed by atoms with Gasteiger partial charge in [0, 0.05) is 5.56 Å². The summed E-state index contributed by atoms with van der Waals surface area (Å²) in [6, 6.07) is 14.7. The number of hydrogen-bond acceptors (Lipinski definition) is 4. The van der Waals surface area contributed by atoms with Crippen molar-refractivity contribution in [2.75, 3.05) is 7.11 Å². The largest absolute Gasteiger partial charge is 0.497 e. The van der Waals surface area contributed by atoms with E-state index in [1.165, 1.54) is 22.3 Å². The number of methoxy groups -OCH3 is 1. The number of amides is 1. The van der Waals surface area contributed by atoms with Crippen LogP contribution in [0.5, 0.6) is 5.75 Å². The van der Waals surface area contributed by atoms with Gasteiger partial charge >= 0.3 is 0 Å². The number of ether oxygens (including phenoxy) is 1. The van der Waals surface area contributed by atoms with E-state index in [1.807, 2.05) is 24.0 Å². The summed E-state index contributed by atoms with van der Waals surface area (Å²) in [5, 5.41) is 0.728. The molecular weight excluding hydrogens is 380 g/mol. The molecule has 2 unspecified atom stereocenters. The number of rotatable bonds is 2. The first-order valence-corrected chi connectivity index (χ1v) is 11.0. The Kier molecular flexibility index (Phi) is 4.50. The molecule has 0 saturated carbocycles. The number of amidine groups is 1. The summed E-state index contributed by atoms with van der Waals surface area (Å²) >= 11 is 1.57. The molecule has 0 radical (unpaired) electrons. The maximum absolute atomic E-state index is 13.1. The van der Waals surface area contributed by atoms with Crippen LogP contribution in [0.2, 0.25) is 0 Å². The second-order valence-corrected chi connectivity index (χ2v) is 9.23. The number of hydrogen-bond donors (Lipinski definition) is 0. The molecule has 4 nitrogen and oxygen atoms in total. The van der Waals surface area contributed by atoms with Gasteiger partial charge in [-0.25, -0.2) is 4.99 Å². The van der Waals surface area contributed by atoms with Crippen molar-refractivity contribution in [3.63, 3.8) is 0 Å². The van der Waals surface area contributed by atoms with Crippen LogP contribution in [0.1, 0.15) is 48.1 Å². The number of fused-ring (bicyclic) bond motifs is 3. The maximum Gasteiger partial charge on any atom is 0.242 e. The zero-order valence-corrected chi connectivity index (χ0v) is 17.8. The number of aryl methyl sites for hydroxylation is 2. The minimum Gasteiger partial charge on any atom is -0.497 e. The predicted octanol–water partition coefficient (Wildman–Crippen LogP) is 5.13. The Hall–Kier alpha value is -2.53. The summed E-state index contributed by atoms with van der Waals surface area (Å²) in [7, 11) is 1.67. The van der Waals surface area contributed by atoms with E-state index in [1.54, 1.807) is 18.9 Å². The van der Waals surface area contributed by atoms with Gasteiger partial charge in [0.2, 0.25) is 5.91 Å². The fourth-order valence-electron chi connectivity index (χ4n) is 4.55. The highest BCUT2D eigenvalue weighted by atomic mass is 32.2. The van der Waals surface area contributed by atoms with Crippen molar-refractivity contribution in [3.05, 3.63) is 70.3 Å². The lowest BCUT2D eigenvalue weighted by atomic mass is 9.90. The Bertz CT molecular complexity index is 1060. The molecule has 1 aliphatic carbocycles. The second-order valence-electron chi connectivity index (χ2n) is 7.93. The fraction of sp³-hybridized carbons (Fsp3) is 0.333. The summed E-state index contributed by atoms with van der Waals surface area (Å²) in [5.74, 6) is 0.972. The quantitative estimate of drug-likeness (QED) is 0.697. The van der Waals surface area contributed by atoms with Gasteiger partial charge in [0.15, 0.2) is 5.17 Å². The molecule has 2 aromatic carbocycles. The van der Waals surface area contributed by atoms with Gasteiger partial charge in [-0.05, 0) is 68.0 Å². The van der Waals surface area contributed by atoms with E-state index in [0.29, 0.717) is 0 Å². The van der Waals surface area contributed by atoms with Gasteiger partial charge < -0.3 is 4.74 Å². The first kappa shape index (κ1) is 18.5. The van der Waals surface area contributed by atoms with Crippen LogP contribution < -0.4 is 4.74 Å². The standard InChI is InChI=1S/C24H24N2O2S/c1-14-7-8-16-5-4-6-19-21(20(16)13-14)25-24-26(23(27)15(2)29-24)22(19)17-9-11-18(28-3)12-10-17/h7-13,15,22H,4-6H2,1-3H3. The topological polar surface area (TPSA) is 41.9 Å². The molecule has 5 heteroatoms. The molecule has 1 fully saturated rings. The second kappa shape index (κ2) is 7.06. The van der Waals surface area contributed by atoms with E-state index in [9.17, 15) is 4.79 Å². The number of nitrogens with zero attached hydrogens (tertiary/aromatic N) is 2. The van der Waals surface area contributed by atoms with Crippen molar-refractivity contribution in [2.45, 2.75) is 44.4 Å². The van der Waals surface area contributed by atoms with Crippen LogP contribution >= 0.6 is 11.8 Å². The summed E-state index contributed by atoms with van der Waals surface area (Å²) in [6.45, 7) is 4.10. The summed E-state index contributed by atoms with van der Waals surface area (Å²) in [6.07, 6.45) is 3.05. The van der Waals surface area contributed by atoms with Gasteiger partial charge in [0.25, 0.3) is 0 Å². The van der Waals surface area contributed by atoms with Crippen molar-refractivity contribution >= 4 is 28.5 Å². The van der Waals surface area contributed by atoms with E-state index in [-0.39, 0.29) is 17.2 Å². The third kappa shape index (κ3) is 2.99. The van der Waals surface area contributed by atoms with Gasteiger partial charge in [-0.1, -0.05) is 41.6 Å². The van der Waals surface area contributed by atoms with E-state index in [4.69, 9.17) is 9.73 Å². The lowest BCUT2D eigenvalue weighted by Crippen LogP contribution is -2.38. The molecule has 0 N–H and O–H groups in total. The third-order valence-corrected chi connectivity index (χ3v) is 7.07. The average Bonchev–Trinajstić information content (AvgIpc) is 2.90. The highest BCUT2D eigenvalue weighted by molar-refractivity contribution is 8.15. The van der Waals surface area contributed by atoms with Crippen molar-refractivity contribution < 1.29 is 9.53 Å². The number of carbonyl (C=O) groups excluding carboxylic acids is 1. The average molecular weight is 405 g/mol. The molecule has 1 saturated heterocycles. The maximum atomic E-state index is 13.1. The zero-order valence-electron chi connectivity index (χ0n) is 16.9. The minimum absolute atomic E-state index is 0.0974. The number of aliphatic imine (C=N–C) groups is 1. The first-order chi connectivity index (χ1) is 14.1. The third-order valence-electron chi connectivity index (χ3n) is 6.02. The normalized spacial score (nSPS) is 23.2. The lowest BCUT2D eigenvalue weighted by molar-refractivity contribution is -0.127. The highest BCUT2D eigenvalue weighted by Gasteiger charge is 2.45. The monoisotopic (exact) mass is 404 g/mol. The number of benzene rings is 2. The summed E-state index contributed by atoms with van der Waals surface area (Å²) in [4.78, 5) is 20.1. The molecule has 2 aromatic rings. The molecule has 1 amide bonds. The Morgan fingerprint density at radius 3 is 2.69 bits per heavy atom. The van der Waals surface area contributed by atoms with Gasteiger partial charge in [0.1, 0.15) is 5.75 Å². The molecule has 2 heterocycles. The Labute approximate surface area is 175 Å². The van der Waals surface area contributed by atoms with Gasteiger partial charge in [-0.15, -0.1) is 0 Å². The van der Waals surface area contributed by atoms with E-state index < -0.39 is 0 Å². The van der Waals surface area contributed by atoms with Gasteiger partial charge in [0.05, 0.1) is 24.1 Å². The molecule has 0 aromatic heterocycles. The van der Waals surface area contributed by atoms with Crippen molar-refractivity contribution in [1.29, 1.82) is 0 Å². The Morgan fingerprint density at radius 1 is 1.14 bits per heavy atom. The zero-order chi connectivity index (χ0) is 20.1. The van der Waals surface area contributed by atoms with Crippen LogP contribution in [0.3, 0.4) is 0 Å². The van der Waals surface area contributed by atoms with Crippen LogP contribution in [0.25, 0.3) is 5.70 Å². The fourth-order valence-corrected chi connectivity index (χ4v) is 5.53. The lowest BCUT2D eigenvalue weighted by Gasteiger charge is -2.34.